The number of aromatic amines is 1. The molecule has 2 N–H and O–H groups in total. The molecule has 4 rings (SSSR count). The first-order valence-electron chi connectivity index (χ1n) is 9.36. The standard InChI is InChI=1S/C20H11Cl2F3N4O5S/c1-8-2-3-10(5-11(8)20(23,24)25)35(32,33)29-13-4-9(21)6-26-15(13)16(30)14-12(22)7-27-18-17(14)34-19(31)28-18/h2-7,29H,1H3,(H,27,28,31). The normalized spacial score (nSPS) is 12.2. The van der Waals surface area contributed by atoms with E-state index in [1.54, 1.807) is 0 Å². The summed E-state index contributed by atoms with van der Waals surface area (Å²) < 4.78 is 72.7. The summed E-state index contributed by atoms with van der Waals surface area (Å²) in [4.78, 5) is 34.1. The van der Waals surface area contributed by atoms with Gasteiger partial charge in [-0.2, -0.15) is 13.2 Å². The Balaban J connectivity index is 1.82. The molecule has 0 fully saturated rings. The van der Waals surface area contributed by atoms with Crippen molar-refractivity contribution in [1.29, 1.82) is 0 Å². The van der Waals surface area contributed by atoms with Crippen molar-refractivity contribution < 1.29 is 30.8 Å². The highest BCUT2D eigenvalue weighted by atomic mass is 35.5. The number of fused-ring (bicyclic) bond motifs is 1. The molecule has 0 atom stereocenters. The molecule has 4 aromatic rings. The number of hydrogen-bond acceptors (Lipinski definition) is 7. The summed E-state index contributed by atoms with van der Waals surface area (Å²) in [6.07, 6.45) is -2.69. The number of H-pyrrole nitrogens is 1. The predicted molar refractivity (Wildman–Crippen MR) is 119 cm³/mol. The third-order valence-corrected chi connectivity index (χ3v) is 6.63. The average molecular weight is 547 g/mol. The van der Waals surface area contributed by atoms with Crippen LogP contribution in [0.4, 0.5) is 18.9 Å². The molecule has 9 nitrogen and oxygen atoms in total. The van der Waals surface area contributed by atoms with Crippen LogP contribution in [0.5, 0.6) is 0 Å². The second-order valence-electron chi connectivity index (χ2n) is 7.13. The molecule has 3 aromatic heterocycles. The number of carbonyl (C=O) groups excluding carboxylic acids is 1. The summed E-state index contributed by atoms with van der Waals surface area (Å²) in [6.45, 7) is 1.18. The minimum atomic E-state index is -4.79. The summed E-state index contributed by atoms with van der Waals surface area (Å²) >= 11 is 12.0. The van der Waals surface area contributed by atoms with Crippen LogP contribution in [0.15, 0.2) is 50.8 Å². The number of pyridine rings is 2. The zero-order valence-electron chi connectivity index (χ0n) is 17.2. The summed E-state index contributed by atoms with van der Waals surface area (Å²) in [7, 11) is -4.64. The van der Waals surface area contributed by atoms with E-state index in [0.29, 0.717) is 6.07 Å². The molecule has 0 aliphatic carbocycles. The maximum absolute atomic E-state index is 13.3. The van der Waals surface area contributed by atoms with Crippen molar-refractivity contribution >= 4 is 55.9 Å². The highest BCUT2D eigenvalue weighted by molar-refractivity contribution is 7.92. The van der Waals surface area contributed by atoms with E-state index in [2.05, 4.69) is 15.0 Å². The van der Waals surface area contributed by atoms with E-state index in [4.69, 9.17) is 27.6 Å². The van der Waals surface area contributed by atoms with E-state index < -0.39 is 49.6 Å². The molecule has 35 heavy (non-hydrogen) atoms. The Hall–Kier alpha value is -3.42. The van der Waals surface area contributed by atoms with Gasteiger partial charge in [-0.05, 0) is 30.7 Å². The first kappa shape index (κ1) is 24.7. The average Bonchev–Trinajstić information content (AvgIpc) is 3.12. The van der Waals surface area contributed by atoms with Crippen LogP contribution >= 0.6 is 23.2 Å². The molecular formula is C20H11Cl2F3N4O5S. The van der Waals surface area contributed by atoms with Gasteiger partial charge in [0.1, 0.15) is 5.69 Å². The van der Waals surface area contributed by atoms with Crippen LogP contribution in [0.3, 0.4) is 0 Å². The first-order chi connectivity index (χ1) is 16.3. The van der Waals surface area contributed by atoms with Crippen molar-refractivity contribution in [1.82, 2.24) is 15.0 Å². The topological polar surface area (TPSA) is 135 Å². The lowest BCUT2D eigenvalue weighted by molar-refractivity contribution is -0.138. The van der Waals surface area contributed by atoms with Crippen molar-refractivity contribution in [2.24, 2.45) is 0 Å². The number of alkyl halides is 3. The summed E-state index contributed by atoms with van der Waals surface area (Å²) in [5, 5.41) is -0.317. The SMILES string of the molecule is Cc1ccc(S(=O)(=O)Nc2cc(Cl)cnc2C(=O)c2c(Cl)cnc3[nH]c(=O)oc23)cc1C(F)(F)F. The van der Waals surface area contributed by atoms with Crippen molar-refractivity contribution in [3.8, 4) is 0 Å². The highest BCUT2D eigenvalue weighted by Gasteiger charge is 2.34. The summed E-state index contributed by atoms with van der Waals surface area (Å²) in [5.74, 6) is -1.90. The van der Waals surface area contributed by atoms with Gasteiger partial charge in [0.05, 0.1) is 31.8 Å². The van der Waals surface area contributed by atoms with Gasteiger partial charge in [-0.3, -0.25) is 14.5 Å². The van der Waals surface area contributed by atoms with Gasteiger partial charge >= 0.3 is 11.9 Å². The Morgan fingerprint density at radius 1 is 1.14 bits per heavy atom. The molecule has 182 valence electrons. The fourth-order valence-corrected chi connectivity index (χ4v) is 4.64. The minimum Gasteiger partial charge on any atom is -0.405 e. The van der Waals surface area contributed by atoms with Crippen LogP contribution in [0.25, 0.3) is 11.2 Å². The van der Waals surface area contributed by atoms with E-state index in [-0.39, 0.29) is 32.4 Å². The largest absolute Gasteiger partial charge is 0.418 e. The monoisotopic (exact) mass is 546 g/mol. The predicted octanol–water partition coefficient (Wildman–Crippen LogP) is 4.58. The molecule has 0 unspecified atom stereocenters. The van der Waals surface area contributed by atoms with Crippen molar-refractivity contribution in [2.45, 2.75) is 18.0 Å². The van der Waals surface area contributed by atoms with E-state index in [9.17, 15) is 31.2 Å². The molecule has 15 heteroatoms. The number of nitrogens with zero attached hydrogens (tertiary/aromatic N) is 2. The lowest BCUT2D eigenvalue weighted by Crippen LogP contribution is -2.18. The number of ketones is 1. The van der Waals surface area contributed by atoms with E-state index in [1.807, 2.05) is 4.72 Å². The second-order valence-corrected chi connectivity index (χ2v) is 9.66. The minimum absolute atomic E-state index is 0.0849. The van der Waals surface area contributed by atoms with Gasteiger partial charge in [0.15, 0.2) is 11.2 Å². The quantitative estimate of drug-likeness (QED) is 0.350. The van der Waals surface area contributed by atoms with Gasteiger partial charge in [-0.1, -0.05) is 29.3 Å². The van der Waals surface area contributed by atoms with Crippen LogP contribution in [0.1, 0.15) is 27.2 Å². The van der Waals surface area contributed by atoms with Gasteiger partial charge in [0.25, 0.3) is 10.0 Å². The number of sulfonamides is 1. The second kappa shape index (κ2) is 8.66. The third-order valence-electron chi connectivity index (χ3n) is 4.77. The van der Waals surface area contributed by atoms with Crippen LogP contribution < -0.4 is 10.5 Å². The molecule has 0 saturated heterocycles. The van der Waals surface area contributed by atoms with E-state index in [1.165, 1.54) is 6.92 Å². The maximum atomic E-state index is 13.3. The van der Waals surface area contributed by atoms with Crippen LogP contribution in [-0.2, 0) is 16.2 Å². The Kier molecular flexibility index (Phi) is 6.11. The van der Waals surface area contributed by atoms with Gasteiger partial charge in [0, 0.05) is 12.4 Å². The van der Waals surface area contributed by atoms with E-state index >= 15 is 0 Å². The number of carbonyl (C=O) groups is 1. The Morgan fingerprint density at radius 2 is 1.86 bits per heavy atom. The summed E-state index contributed by atoms with van der Waals surface area (Å²) in [6, 6.07) is 3.48. The van der Waals surface area contributed by atoms with E-state index in [0.717, 1.165) is 30.6 Å². The molecule has 0 radical (unpaired) electrons. The van der Waals surface area contributed by atoms with Crippen LogP contribution in [0, 0.1) is 6.92 Å². The number of benzene rings is 1. The zero-order chi connectivity index (χ0) is 25.7. The number of hydrogen-bond donors (Lipinski definition) is 2. The molecule has 1 aromatic carbocycles. The number of rotatable bonds is 5. The van der Waals surface area contributed by atoms with Crippen LogP contribution in [-0.4, -0.2) is 29.2 Å². The molecule has 0 amide bonds. The lowest BCUT2D eigenvalue weighted by atomic mass is 10.1. The molecule has 0 bridgehead atoms. The van der Waals surface area contributed by atoms with Crippen LogP contribution in [0.2, 0.25) is 10.0 Å². The molecular weight excluding hydrogens is 536 g/mol. The fourth-order valence-electron chi connectivity index (χ4n) is 3.18. The zero-order valence-corrected chi connectivity index (χ0v) is 19.5. The van der Waals surface area contributed by atoms with Gasteiger partial charge in [-0.15, -0.1) is 0 Å². The first-order valence-corrected chi connectivity index (χ1v) is 11.6. The fraction of sp³-hybridized carbons (Fsp3) is 0.100. The number of oxazole rings is 1. The van der Waals surface area contributed by atoms with Gasteiger partial charge in [-0.25, -0.2) is 23.2 Å². The van der Waals surface area contributed by atoms with Crippen molar-refractivity contribution in [3.63, 3.8) is 0 Å². The smallest absolute Gasteiger partial charge is 0.405 e. The third kappa shape index (κ3) is 4.74. The molecule has 0 aliphatic rings. The summed E-state index contributed by atoms with van der Waals surface area (Å²) in [5.41, 5.74) is -3.03. The number of aromatic nitrogens is 3. The molecule has 0 aliphatic heterocycles. The number of anilines is 1. The number of aryl methyl sites for hydroxylation is 1. The maximum Gasteiger partial charge on any atom is 0.418 e. The Bertz CT molecular complexity index is 1670. The van der Waals surface area contributed by atoms with Crippen molar-refractivity contribution in [3.05, 3.63) is 79.6 Å². The number of nitrogens with one attached hydrogen (secondary N) is 2. The molecule has 0 spiro atoms. The Labute approximate surface area is 204 Å². The van der Waals surface area contributed by atoms with Crippen molar-refractivity contribution in [2.75, 3.05) is 4.72 Å². The molecule has 0 saturated carbocycles. The highest BCUT2D eigenvalue weighted by Crippen LogP contribution is 2.34. The number of halogens is 5. The van der Waals surface area contributed by atoms with Gasteiger partial charge < -0.3 is 4.42 Å². The Morgan fingerprint density at radius 3 is 2.54 bits per heavy atom. The lowest BCUT2D eigenvalue weighted by Gasteiger charge is -2.15. The molecule has 3 heterocycles. The van der Waals surface area contributed by atoms with Gasteiger partial charge in [0.2, 0.25) is 5.78 Å².